The van der Waals surface area contributed by atoms with Gasteiger partial charge < -0.3 is 15.4 Å². The molecule has 1 unspecified atom stereocenters. The first-order chi connectivity index (χ1) is 19.2. The predicted molar refractivity (Wildman–Crippen MR) is 138 cm³/mol. The minimum absolute atomic E-state index is 0.190. The van der Waals surface area contributed by atoms with Crippen LogP contribution in [0.5, 0.6) is 0 Å². The Morgan fingerprint density at radius 3 is 2.55 bits per heavy atom. The number of nitriles is 1. The van der Waals surface area contributed by atoms with Crippen molar-refractivity contribution in [1.29, 1.82) is 5.26 Å². The Morgan fingerprint density at radius 2 is 1.85 bits per heavy atom. The average molecular weight is 547 g/mol. The van der Waals surface area contributed by atoms with Crippen LogP contribution in [0.4, 0.5) is 18.9 Å². The quantitative estimate of drug-likeness (QED) is 0.264. The lowest BCUT2D eigenvalue weighted by Gasteiger charge is -2.16. The number of amides is 1. The molecule has 40 heavy (non-hydrogen) atoms. The smallest absolute Gasteiger partial charge is 0.475 e. The van der Waals surface area contributed by atoms with Crippen molar-refractivity contribution in [3.05, 3.63) is 96.7 Å². The number of carboxylic acid groups (broad SMARTS) is 1. The van der Waals surface area contributed by atoms with E-state index in [4.69, 9.17) is 9.90 Å². The summed E-state index contributed by atoms with van der Waals surface area (Å²) in [6.45, 7) is 0. The van der Waals surface area contributed by atoms with Crippen LogP contribution >= 0.6 is 0 Å². The first-order valence-corrected chi connectivity index (χ1v) is 11.6. The van der Waals surface area contributed by atoms with Crippen molar-refractivity contribution < 1.29 is 27.9 Å². The first kappa shape index (κ1) is 27.5. The molecule has 0 radical (unpaired) electrons. The summed E-state index contributed by atoms with van der Waals surface area (Å²) < 4.78 is 33.5. The molecule has 3 N–H and O–H groups in total. The van der Waals surface area contributed by atoms with Crippen molar-refractivity contribution in [3.63, 3.8) is 0 Å². The Bertz CT molecular complexity index is 1670. The highest BCUT2D eigenvalue weighted by Crippen LogP contribution is 2.29. The molecule has 5 aromatic rings. The van der Waals surface area contributed by atoms with Crippen molar-refractivity contribution in [1.82, 2.24) is 24.7 Å². The van der Waals surface area contributed by atoms with Crippen LogP contribution in [-0.2, 0) is 4.79 Å². The summed E-state index contributed by atoms with van der Waals surface area (Å²) in [7, 11) is 0. The molecule has 0 fully saturated rings. The van der Waals surface area contributed by atoms with Gasteiger partial charge in [-0.25, -0.2) is 14.8 Å². The fourth-order valence-corrected chi connectivity index (χ4v) is 3.80. The molecule has 2 aromatic carbocycles. The third kappa shape index (κ3) is 6.48. The van der Waals surface area contributed by atoms with E-state index >= 15 is 0 Å². The number of benzene rings is 2. The number of aromatic nitrogens is 5. The highest BCUT2D eigenvalue weighted by atomic mass is 19.4. The molecule has 5 rings (SSSR count). The molecule has 1 atom stereocenters. The summed E-state index contributed by atoms with van der Waals surface area (Å²) >= 11 is 0. The molecular weight excluding hydrogens is 527 g/mol. The van der Waals surface area contributed by atoms with Crippen LogP contribution in [0.1, 0.15) is 28.4 Å². The van der Waals surface area contributed by atoms with Crippen molar-refractivity contribution >= 4 is 28.6 Å². The SMILES string of the molecule is N#CCC(c1cccc(NC(=O)c2ccccc2)c1)n1cc(-c2ncnc3[nH]ccc23)cn1.O=C(O)C(F)(F)F. The summed E-state index contributed by atoms with van der Waals surface area (Å²) in [6.07, 6.45) is 2.09. The van der Waals surface area contributed by atoms with Gasteiger partial charge in [0.15, 0.2) is 0 Å². The Labute approximate surface area is 224 Å². The van der Waals surface area contributed by atoms with Gasteiger partial charge in [0.05, 0.1) is 30.4 Å². The molecule has 3 heterocycles. The number of anilines is 1. The van der Waals surface area contributed by atoms with Crippen LogP contribution in [0.25, 0.3) is 22.3 Å². The highest BCUT2D eigenvalue weighted by Gasteiger charge is 2.38. The van der Waals surface area contributed by atoms with Gasteiger partial charge in [-0.15, -0.1) is 0 Å². The van der Waals surface area contributed by atoms with Gasteiger partial charge in [-0.05, 0) is 35.9 Å². The maximum atomic E-state index is 12.5. The van der Waals surface area contributed by atoms with Crippen LogP contribution in [0.3, 0.4) is 0 Å². The van der Waals surface area contributed by atoms with Crippen LogP contribution < -0.4 is 5.32 Å². The van der Waals surface area contributed by atoms with Gasteiger partial charge in [0.25, 0.3) is 5.91 Å². The minimum atomic E-state index is -5.08. The van der Waals surface area contributed by atoms with Crippen LogP contribution in [-0.4, -0.2) is 47.9 Å². The fourth-order valence-electron chi connectivity index (χ4n) is 3.80. The van der Waals surface area contributed by atoms with Gasteiger partial charge >= 0.3 is 12.1 Å². The third-order valence-corrected chi connectivity index (χ3v) is 5.64. The number of aliphatic carboxylic acids is 1. The molecule has 1 amide bonds. The number of fused-ring (bicyclic) bond motifs is 1. The van der Waals surface area contributed by atoms with Crippen LogP contribution in [0.15, 0.2) is 85.6 Å². The zero-order valence-corrected chi connectivity index (χ0v) is 20.5. The molecule has 202 valence electrons. The van der Waals surface area contributed by atoms with Gasteiger partial charge in [0.2, 0.25) is 0 Å². The third-order valence-electron chi connectivity index (χ3n) is 5.64. The number of carbonyl (C=O) groups is 2. The Kier molecular flexibility index (Phi) is 8.19. The summed E-state index contributed by atoms with van der Waals surface area (Å²) in [5.41, 5.74) is 4.45. The molecule has 0 aliphatic carbocycles. The lowest BCUT2D eigenvalue weighted by atomic mass is 10.0. The Hall–Kier alpha value is -5.51. The lowest BCUT2D eigenvalue weighted by Crippen LogP contribution is -2.21. The second-order valence-corrected chi connectivity index (χ2v) is 8.30. The van der Waals surface area contributed by atoms with Gasteiger partial charge in [0, 0.05) is 34.6 Å². The maximum Gasteiger partial charge on any atom is 0.490 e. The van der Waals surface area contributed by atoms with Crippen molar-refractivity contribution in [3.8, 4) is 17.3 Å². The molecular formula is C27H20F3N7O3. The summed E-state index contributed by atoms with van der Waals surface area (Å²) in [4.78, 5) is 33.2. The maximum absolute atomic E-state index is 12.5. The summed E-state index contributed by atoms with van der Waals surface area (Å²) in [5.74, 6) is -2.95. The number of halogens is 3. The first-order valence-electron chi connectivity index (χ1n) is 11.6. The van der Waals surface area contributed by atoms with E-state index in [-0.39, 0.29) is 18.4 Å². The summed E-state index contributed by atoms with van der Waals surface area (Å²) in [6, 6.07) is 20.4. The van der Waals surface area contributed by atoms with Gasteiger partial charge in [-0.2, -0.15) is 23.5 Å². The second kappa shape index (κ2) is 11.9. The number of H-pyrrole nitrogens is 1. The Morgan fingerprint density at radius 1 is 1.10 bits per heavy atom. The van der Waals surface area contributed by atoms with Crippen molar-refractivity contribution in [2.75, 3.05) is 5.32 Å². The molecule has 0 saturated carbocycles. The van der Waals surface area contributed by atoms with Crippen LogP contribution in [0.2, 0.25) is 0 Å². The van der Waals surface area contributed by atoms with E-state index in [9.17, 15) is 23.2 Å². The normalized spacial score (nSPS) is 11.7. The van der Waals surface area contributed by atoms with E-state index < -0.39 is 12.1 Å². The zero-order chi connectivity index (χ0) is 28.7. The van der Waals surface area contributed by atoms with E-state index in [1.165, 1.54) is 6.33 Å². The second-order valence-electron chi connectivity index (χ2n) is 8.30. The number of carboxylic acids is 1. The molecule has 3 aromatic heterocycles. The number of aromatic amines is 1. The molecule has 0 bridgehead atoms. The number of hydrogen-bond acceptors (Lipinski definition) is 6. The number of rotatable bonds is 6. The van der Waals surface area contributed by atoms with E-state index in [1.807, 2.05) is 60.9 Å². The van der Waals surface area contributed by atoms with E-state index in [0.717, 1.165) is 27.9 Å². The van der Waals surface area contributed by atoms with Gasteiger partial charge in [0.1, 0.15) is 12.0 Å². The van der Waals surface area contributed by atoms with Gasteiger partial charge in [-0.1, -0.05) is 30.3 Å². The topological polar surface area (TPSA) is 150 Å². The van der Waals surface area contributed by atoms with Crippen molar-refractivity contribution in [2.45, 2.75) is 18.6 Å². The molecule has 0 spiro atoms. The number of hydrogen-bond donors (Lipinski definition) is 3. The molecule has 0 aliphatic rings. The van der Waals surface area contributed by atoms with E-state index in [1.54, 1.807) is 23.0 Å². The predicted octanol–water partition coefficient (Wildman–Crippen LogP) is 5.21. The lowest BCUT2D eigenvalue weighted by molar-refractivity contribution is -0.192. The molecule has 0 saturated heterocycles. The molecule has 10 nitrogen and oxygen atoms in total. The zero-order valence-electron chi connectivity index (χ0n) is 20.5. The standard InChI is InChI=1S/C25H19N7O.C2HF3O2/c26-11-9-22(18-7-4-8-20(13-18)31-25(33)17-5-2-1-3-6-17)32-15-19(14-30-32)23-21-10-12-27-24(21)29-16-28-23;3-2(4,5)1(6)7/h1-8,10,12-16,22H,9H2,(H,31,33)(H,27,28,29);(H,6,7). The van der Waals surface area contributed by atoms with Crippen molar-refractivity contribution in [2.24, 2.45) is 0 Å². The summed E-state index contributed by atoms with van der Waals surface area (Å²) in [5, 5.41) is 25.0. The van der Waals surface area contributed by atoms with E-state index in [0.29, 0.717) is 11.3 Å². The number of alkyl halides is 3. The Balaban J connectivity index is 0.000000470. The monoisotopic (exact) mass is 547 g/mol. The number of nitrogens with one attached hydrogen (secondary N) is 2. The fraction of sp³-hybridized carbons (Fsp3) is 0.111. The highest BCUT2D eigenvalue weighted by molar-refractivity contribution is 6.04. The average Bonchev–Trinajstić information content (AvgIpc) is 3.62. The molecule has 13 heteroatoms. The van der Waals surface area contributed by atoms with E-state index in [2.05, 4.69) is 31.4 Å². The number of carbonyl (C=O) groups excluding carboxylic acids is 1. The van der Waals surface area contributed by atoms with Crippen LogP contribution in [0, 0.1) is 11.3 Å². The molecule has 0 aliphatic heterocycles. The number of nitrogens with zero attached hydrogens (tertiary/aromatic N) is 5. The minimum Gasteiger partial charge on any atom is -0.475 e. The van der Waals surface area contributed by atoms with Gasteiger partial charge in [-0.3, -0.25) is 9.48 Å². The largest absolute Gasteiger partial charge is 0.490 e.